The van der Waals surface area contributed by atoms with Gasteiger partial charge in [0.15, 0.2) is 0 Å². The van der Waals surface area contributed by atoms with Crippen molar-refractivity contribution in [3.05, 3.63) is 27.8 Å². The molecule has 2 rings (SSSR count). The molecule has 0 aromatic heterocycles. The van der Waals surface area contributed by atoms with Crippen LogP contribution in [0.15, 0.2) is 4.90 Å². The summed E-state index contributed by atoms with van der Waals surface area (Å²) in [5, 5.41) is 0. The summed E-state index contributed by atoms with van der Waals surface area (Å²) in [6.45, 7) is 12.5. The fourth-order valence-electron chi connectivity index (χ4n) is 3.53. The first-order valence-electron chi connectivity index (χ1n) is 8.97. The molecule has 1 saturated heterocycles. The van der Waals surface area contributed by atoms with Crippen molar-refractivity contribution in [1.29, 1.82) is 0 Å². The molecule has 0 radical (unpaired) electrons. The van der Waals surface area contributed by atoms with Gasteiger partial charge in [0.2, 0.25) is 10.0 Å². The van der Waals surface area contributed by atoms with Crippen molar-refractivity contribution in [2.75, 3.05) is 39.8 Å². The van der Waals surface area contributed by atoms with Gasteiger partial charge in [-0.25, -0.2) is 8.42 Å². The maximum atomic E-state index is 13.3. The van der Waals surface area contributed by atoms with Crippen LogP contribution in [0.1, 0.15) is 34.2 Å². The van der Waals surface area contributed by atoms with Gasteiger partial charge in [-0.15, -0.1) is 0 Å². The number of carbonyl (C=O) groups is 1. The van der Waals surface area contributed by atoms with Crippen LogP contribution in [0.5, 0.6) is 0 Å². The van der Waals surface area contributed by atoms with E-state index in [4.69, 9.17) is 0 Å². The summed E-state index contributed by atoms with van der Waals surface area (Å²) in [7, 11) is -2.15. The number of hydrogen-bond acceptors (Lipinski definition) is 5. The van der Waals surface area contributed by atoms with Gasteiger partial charge in [-0.2, -0.15) is 4.31 Å². The van der Waals surface area contributed by atoms with Crippen LogP contribution < -0.4 is 0 Å². The number of benzene rings is 1. The van der Waals surface area contributed by atoms with Crippen LogP contribution in [-0.2, 0) is 19.6 Å². The number of hydrogen-bond donors (Lipinski definition) is 0. The zero-order chi connectivity index (χ0) is 19.6. The lowest BCUT2D eigenvalue weighted by molar-refractivity contribution is -0.141. The van der Waals surface area contributed by atoms with Crippen molar-refractivity contribution in [3.8, 4) is 0 Å². The summed E-state index contributed by atoms with van der Waals surface area (Å²) in [4.78, 5) is 13.8. The van der Waals surface area contributed by atoms with Crippen molar-refractivity contribution in [2.45, 2.75) is 45.9 Å². The van der Waals surface area contributed by atoms with Crippen LogP contribution in [0.2, 0.25) is 0 Å². The Kier molecular flexibility index (Phi) is 6.47. The molecule has 26 heavy (non-hydrogen) atoms. The monoisotopic (exact) mass is 382 g/mol. The number of methoxy groups -OCH3 is 1. The number of rotatable bonds is 5. The molecule has 1 aliphatic heterocycles. The molecule has 0 N–H and O–H groups in total. The maximum Gasteiger partial charge on any atom is 0.306 e. The molecule has 0 saturated carbocycles. The van der Waals surface area contributed by atoms with Gasteiger partial charge in [-0.05, 0) is 62.4 Å². The van der Waals surface area contributed by atoms with E-state index in [2.05, 4.69) is 9.64 Å². The standard InChI is InChI=1S/C19H30N2O4S/c1-13-14(2)16(4)19(17(5)15(13)3)26(23,24)21-11-9-20(10-12-21)8-7-18(22)25-6/h7-12H2,1-6H3. The molecule has 6 nitrogen and oxygen atoms in total. The molecule has 0 spiro atoms. The number of nitrogens with zero attached hydrogens (tertiary/aromatic N) is 2. The summed E-state index contributed by atoms with van der Waals surface area (Å²) >= 11 is 0. The Morgan fingerprint density at radius 1 is 0.885 bits per heavy atom. The molecule has 0 bridgehead atoms. The molecular weight excluding hydrogens is 352 g/mol. The molecule has 1 heterocycles. The Morgan fingerprint density at radius 2 is 1.35 bits per heavy atom. The van der Waals surface area contributed by atoms with Crippen LogP contribution in [0.25, 0.3) is 0 Å². The summed E-state index contributed by atoms with van der Waals surface area (Å²) in [6, 6.07) is 0. The third-order valence-corrected chi connectivity index (χ3v) is 7.89. The van der Waals surface area contributed by atoms with E-state index < -0.39 is 10.0 Å². The number of ether oxygens (including phenoxy) is 1. The molecule has 0 aliphatic carbocycles. The zero-order valence-corrected chi connectivity index (χ0v) is 17.5. The van der Waals surface area contributed by atoms with E-state index in [1.54, 1.807) is 4.31 Å². The summed E-state index contributed by atoms with van der Waals surface area (Å²) in [5.41, 5.74) is 4.94. The summed E-state index contributed by atoms with van der Waals surface area (Å²) in [6.07, 6.45) is 0.331. The van der Waals surface area contributed by atoms with E-state index in [0.29, 0.717) is 44.0 Å². The fraction of sp³-hybridized carbons (Fsp3) is 0.632. The normalized spacial score (nSPS) is 16.7. The molecule has 1 aromatic rings. The molecule has 1 fully saturated rings. The summed E-state index contributed by atoms with van der Waals surface area (Å²) in [5.74, 6) is -0.239. The van der Waals surface area contributed by atoms with Crippen LogP contribution >= 0.6 is 0 Å². The van der Waals surface area contributed by atoms with Crippen molar-refractivity contribution in [1.82, 2.24) is 9.21 Å². The van der Waals surface area contributed by atoms with E-state index in [9.17, 15) is 13.2 Å². The van der Waals surface area contributed by atoms with Gasteiger partial charge in [0.05, 0.1) is 18.4 Å². The first-order valence-corrected chi connectivity index (χ1v) is 10.4. The van der Waals surface area contributed by atoms with Gasteiger partial charge in [-0.1, -0.05) is 0 Å². The second-order valence-electron chi connectivity index (χ2n) is 7.03. The SMILES string of the molecule is COC(=O)CCN1CCN(S(=O)(=O)c2c(C)c(C)c(C)c(C)c2C)CC1. The van der Waals surface area contributed by atoms with Gasteiger partial charge in [0.1, 0.15) is 0 Å². The van der Waals surface area contributed by atoms with Gasteiger partial charge >= 0.3 is 5.97 Å². The Hall–Kier alpha value is -1.44. The highest BCUT2D eigenvalue weighted by Crippen LogP contribution is 2.31. The van der Waals surface area contributed by atoms with Crippen LogP contribution in [0.4, 0.5) is 0 Å². The largest absolute Gasteiger partial charge is 0.469 e. The van der Waals surface area contributed by atoms with Crippen LogP contribution in [0.3, 0.4) is 0 Å². The third-order valence-electron chi connectivity index (χ3n) is 5.72. The van der Waals surface area contributed by atoms with E-state index in [0.717, 1.165) is 27.8 Å². The van der Waals surface area contributed by atoms with Gasteiger partial charge < -0.3 is 9.64 Å². The van der Waals surface area contributed by atoms with Crippen LogP contribution in [-0.4, -0.2) is 63.4 Å². The smallest absolute Gasteiger partial charge is 0.306 e. The minimum Gasteiger partial charge on any atom is -0.469 e. The Balaban J connectivity index is 2.20. The van der Waals surface area contributed by atoms with E-state index in [1.165, 1.54) is 7.11 Å². The molecule has 1 aromatic carbocycles. The Morgan fingerprint density at radius 3 is 1.81 bits per heavy atom. The second-order valence-corrected chi connectivity index (χ2v) is 8.90. The molecule has 0 atom stereocenters. The topological polar surface area (TPSA) is 66.9 Å². The number of carbonyl (C=O) groups excluding carboxylic acids is 1. The zero-order valence-electron chi connectivity index (χ0n) is 16.7. The van der Waals surface area contributed by atoms with Crippen molar-refractivity contribution < 1.29 is 17.9 Å². The highest BCUT2D eigenvalue weighted by Gasteiger charge is 2.32. The summed E-state index contributed by atoms with van der Waals surface area (Å²) < 4.78 is 32.8. The third kappa shape index (κ3) is 3.94. The predicted molar refractivity (Wildman–Crippen MR) is 102 cm³/mol. The van der Waals surface area contributed by atoms with Gasteiger partial charge in [0.25, 0.3) is 0 Å². The molecular formula is C19H30N2O4S. The average molecular weight is 383 g/mol. The lowest BCUT2D eigenvalue weighted by atomic mass is 9.95. The highest BCUT2D eigenvalue weighted by molar-refractivity contribution is 7.89. The number of sulfonamides is 1. The predicted octanol–water partition coefficient (Wildman–Crippen LogP) is 2.10. The minimum absolute atomic E-state index is 0.239. The molecule has 0 unspecified atom stereocenters. The van der Waals surface area contributed by atoms with Gasteiger partial charge in [-0.3, -0.25) is 4.79 Å². The van der Waals surface area contributed by atoms with Crippen molar-refractivity contribution >= 4 is 16.0 Å². The van der Waals surface area contributed by atoms with Crippen molar-refractivity contribution in [2.24, 2.45) is 0 Å². The fourth-order valence-corrected chi connectivity index (χ4v) is 5.51. The lowest BCUT2D eigenvalue weighted by Crippen LogP contribution is -2.49. The van der Waals surface area contributed by atoms with E-state index in [-0.39, 0.29) is 5.97 Å². The number of esters is 1. The van der Waals surface area contributed by atoms with Gasteiger partial charge in [0, 0.05) is 32.7 Å². The van der Waals surface area contributed by atoms with E-state index >= 15 is 0 Å². The molecule has 1 aliphatic rings. The Labute approximate surface area is 157 Å². The molecule has 146 valence electrons. The average Bonchev–Trinajstić information content (AvgIpc) is 2.63. The first kappa shape index (κ1) is 20.9. The number of piperazine rings is 1. The van der Waals surface area contributed by atoms with Crippen LogP contribution in [0, 0.1) is 34.6 Å². The quantitative estimate of drug-likeness (QED) is 0.730. The Bertz CT molecular complexity index is 765. The highest BCUT2D eigenvalue weighted by atomic mass is 32.2. The minimum atomic E-state index is -3.53. The molecule has 7 heteroatoms. The van der Waals surface area contributed by atoms with E-state index in [1.807, 2.05) is 34.6 Å². The molecule has 0 amide bonds. The first-order chi connectivity index (χ1) is 12.1. The second kappa shape index (κ2) is 8.06. The maximum absolute atomic E-state index is 13.3. The van der Waals surface area contributed by atoms with Crippen molar-refractivity contribution in [3.63, 3.8) is 0 Å². The lowest BCUT2D eigenvalue weighted by Gasteiger charge is -2.34.